The number of nitro benzene ring substituents is 1. The van der Waals surface area contributed by atoms with Crippen LogP contribution in [0.4, 0.5) is 10.8 Å². The zero-order valence-corrected chi connectivity index (χ0v) is 20.4. The highest BCUT2D eigenvalue weighted by Crippen LogP contribution is 2.30. The van der Waals surface area contributed by atoms with Gasteiger partial charge in [-0.05, 0) is 26.8 Å². The molecular formula is C23H22N6O3S2. The fourth-order valence-electron chi connectivity index (χ4n) is 3.32. The number of hydrogen-bond donors (Lipinski definition) is 1. The summed E-state index contributed by atoms with van der Waals surface area (Å²) in [6.07, 6.45) is 0. The van der Waals surface area contributed by atoms with Crippen LogP contribution < -0.4 is 5.32 Å². The summed E-state index contributed by atoms with van der Waals surface area (Å²) in [7, 11) is 0. The number of benzene rings is 2. The molecule has 4 aromatic rings. The van der Waals surface area contributed by atoms with Gasteiger partial charge < -0.3 is 9.88 Å². The molecule has 2 aromatic heterocycles. The van der Waals surface area contributed by atoms with Gasteiger partial charge >= 0.3 is 0 Å². The molecule has 0 aliphatic heterocycles. The zero-order chi connectivity index (χ0) is 24.2. The second-order valence-electron chi connectivity index (χ2n) is 7.51. The third kappa shape index (κ3) is 5.15. The highest BCUT2D eigenvalue weighted by molar-refractivity contribution is 8.00. The Morgan fingerprint density at radius 1 is 1.21 bits per heavy atom. The summed E-state index contributed by atoms with van der Waals surface area (Å²) >= 11 is 2.60. The Morgan fingerprint density at radius 2 is 1.97 bits per heavy atom. The molecule has 0 spiro atoms. The number of rotatable bonds is 8. The lowest BCUT2D eigenvalue weighted by atomic mass is 10.1. The largest absolute Gasteiger partial charge is 0.302 e. The van der Waals surface area contributed by atoms with Crippen molar-refractivity contribution in [1.82, 2.24) is 19.7 Å². The lowest BCUT2D eigenvalue weighted by Gasteiger charge is -2.12. The summed E-state index contributed by atoms with van der Waals surface area (Å²) in [6.45, 7) is 6.52. The van der Waals surface area contributed by atoms with Crippen molar-refractivity contribution in [2.75, 3.05) is 5.32 Å². The van der Waals surface area contributed by atoms with Gasteiger partial charge in [0.25, 0.3) is 5.69 Å². The molecule has 2 aromatic carbocycles. The van der Waals surface area contributed by atoms with E-state index < -0.39 is 10.2 Å². The number of aryl methyl sites for hydroxylation is 1. The van der Waals surface area contributed by atoms with Crippen LogP contribution in [0.3, 0.4) is 0 Å². The van der Waals surface area contributed by atoms with Gasteiger partial charge in [0, 0.05) is 35.2 Å². The number of carbonyl (C=O) groups excluding carboxylic acids is 1. The Balaban J connectivity index is 1.45. The van der Waals surface area contributed by atoms with E-state index in [4.69, 9.17) is 0 Å². The van der Waals surface area contributed by atoms with Crippen molar-refractivity contribution in [2.45, 2.75) is 37.7 Å². The fraction of sp³-hybridized carbons (Fsp3) is 0.217. The average molecular weight is 495 g/mol. The molecule has 11 heteroatoms. The van der Waals surface area contributed by atoms with Gasteiger partial charge in [0.05, 0.1) is 15.9 Å². The Labute approximate surface area is 204 Å². The molecule has 0 saturated heterocycles. The smallest absolute Gasteiger partial charge is 0.270 e. The van der Waals surface area contributed by atoms with Crippen molar-refractivity contribution in [3.8, 4) is 22.6 Å². The highest BCUT2D eigenvalue weighted by atomic mass is 32.2. The molecular weight excluding hydrogens is 472 g/mol. The first kappa shape index (κ1) is 23.6. The molecule has 174 valence electrons. The van der Waals surface area contributed by atoms with E-state index in [1.807, 2.05) is 36.6 Å². The average Bonchev–Trinajstić information content (AvgIpc) is 3.46. The molecule has 9 nitrogen and oxygen atoms in total. The SMILES string of the molecule is CCn1c(SC(C)C(=O)Nc2nc(-c3cccc([N+](=O)[O-])c3)cs2)nnc1-c1cccc(C)c1. The minimum Gasteiger partial charge on any atom is -0.302 e. The number of hydrogen-bond acceptors (Lipinski definition) is 8. The van der Waals surface area contributed by atoms with Gasteiger partial charge in [-0.1, -0.05) is 47.7 Å². The molecule has 1 unspecified atom stereocenters. The van der Waals surface area contributed by atoms with Crippen LogP contribution in [0.5, 0.6) is 0 Å². The molecule has 2 heterocycles. The number of aromatic nitrogens is 4. The van der Waals surface area contributed by atoms with E-state index in [1.165, 1.54) is 35.2 Å². The Hall–Kier alpha value is -3.57. The number of amides is 1. The second kappa shape index (κ2) is 10.1. The molecule has 1 N–H and O–H groups in total. The minimum absolute atomic E-state index is 0.00817. The molecule has 0 aliphatic carbocycles. The van der Waals surface area contributed by atoms with Gasteiger partial charge in [-0.2, -0.15) is 0 Å². The Kier molecular flexibility index (Phi) is 7.03. The number of thiazole rings is 1. The highest BCUT2D eigenvalue weighted by Gasteiger charge is 2.21. The molecule has 0 saturated carbocycles. The first-order valence-electron chi connectivity index (χ1n) is 10.5. The van der Waals surface area contributed by atoms with Crippen molar-refractivity contribution < 1.29 is 9.72 Å². The predicted molar refractivity (Wildman–Crippen MR) is 134 cm³/mol. The van der Waals surface area contributed by atoms with Gasteiger partial charge in [0.15, 0.2) is 16.1 Å². The standard InChI is InChI=1S/C23H22N6O3S2/c1-4-28-20(17-9-5-7-14(2)11-17)26-27-23(28)34-15(3)21(30)25-22-24-19(13-33-22)16-8-6-10-18(12-16)29(31)32/h5-13,15H,4H2,1-3H3,(H,24,25,30). The van der Waals surface area contributed by atoms with E-state index >= 15 is 0 Å². The summed E-state index contributed by atoms with van der Waals surface area (Å²) in [6, 6.07) is 14.3. The lowest BCUT2D eigenvalue weighted by Crippen LogP contribution is -2.22. The maximum absolute atomic E-state index is 12.8. The number of carbonyl (C=O) groups is 1. The number of thioether (sulfide) groups is 1. The van der Waals surface area contributed by atoms with Gasteiger partial charge in [-0.3, -0.25) is 14.9 Å². The van der Waals surface area contributed by atoms with E-state index in [1.54, 1.807) is 24.4 Å². The maximum Gasteiger partial charge on any atom is 0.270 e. The van der Waals surface area contributed by atoms with E-state index in [2.05, 4.69) is 26.6 Å². The van der Waals surface area contributed by atoms with Crippen molar-refractivity contribution in [1.29, 1.82) is 0 Å². The van der Waals surface area contributed by atoms with Gasteiger partial charge in [0.1, 0.15) is 0 Å². The lowest BCUT2D eigenvalue weighted by molar-refractivity contribution is -0.384. The van der Waals surface area contributed by atoms with Crippen LogP contribution in [0.1, 0.15) is 19.4 Å². The number of non-ortho nitro benzene ring substituents is 1. The summed E-state index contributed by atoms with van der Waals surface area (Å²) in [5.41, 5.74) is 3.30. The van der Waals surface area contributed by atoms with E-state index in [9.17, 15) is 14.9 Å². The molecule has 0 fully saturated rings. The molecule has 1 atom stereocenters. The Bertz CT molecular complexity index is 1350. The summed E-state index contributed by atoms with van der Waals surface area (Å²) in [4.78, 5) is 27.8. The van der Waals surface area contributed by atoms with Gasteiger partial charge in [-0.15, -0.1) is 21.5 Å². The molecule has 34 heavy (non-hydrogen) atoms. The van der Waals surface area contributed by atoms with Crippen LogP contribution >= 0.6 is 23.1 Å². The van der Waals surface area contributed by atoms with E-state index in [-0.39, 0.29) is 11.6 Å². The number of nitrogens with zero attached hydrogens (tertiary/aromatic N) is 5. The Morgan fingerprint density at radius 3 is 2.71 bits per heavy atom. The predicted octanol–water partition coefficient (Wildman–Crippen LogP) is 5.42. The van der Waals surface area contributed by atoms with Crippen LogP contribution in [-0.4, -0.2) is 35.8 Å². The van der Waals surface area contributed by atoms with Crippen LogP contribution in [0, 0.1) is 17.0 Å². The molecule has 0 aliphatic rings. The van der Waals surface area contributed by atoms with Crippen LogP contribution in [0.25, 0.3) is 22.6 Å². The van der Waals surface area contributed by atoms with Crippen LogP contribution in [0.2, 0.25) is 0 Å². The van der Waals surface area contributed by atoms with E-state index in [0.29, 0.717) is 28.1 Å². The quantitative estimate of drug-likeness (QED) is 0.197. The number of nitrogens with one attached hydrogen (secondary N) is 1. The third-order valence-corrected chi connectivity index (χ3v) is 6.89. The molecule has 1 amide bonds. The molecule has 0 radical (unpaired) electrons. The summed E-state index contributed by atoms with van der Waals surface area (Å²) in [5.74, 6) is 0.551. The first-order chi connectivity index (χ1) is 16.4. The number of anilines is 1. The summed E-state index contributed by atoms with van der Waals surface area (Å²) < 4.78 is 1.99. The van der Waals surface area contributed by atoms with Crippen molar-refractivity contribution in [3.63, 3.8) is 0 Å². The van der Waals surface area contributed by atoms with Gasteiger partial charge in [0.2, 0.25) is 5.91 Å². The van der Waals surface area contributed by atoms with Gasteiger partial charge in [-0.25, -0.2) is 4.98 Å². The van der Waals surface area contributed by atoms with Crippen molar-refractivity contribution in [2.24, 2.45) is 0 Å². The first-order valence-corrected chi connectivity index (χ1v) is 12.3. The second-order valence-corrected chi connectivity index (χ2v) is 9.68. The molecule has 4 rings (SSSR count). The summed E-state index contributed by atoms with van der Waals surface area (Å²) in [5, 5.41) is 24.9. The topological polar surface area (TPSA) is 116 Å². The normalized spacial score (nSPS) is 11.9. The van der Waals surface area contributed by atoms with Crippen LogP contribution in [-0.2, 0) is 11.3 Å². The zero-order valence-electron chi connectivity index (χ0n) is 18.8. The fourth-order valence-corrected chi connectivity index (χ4v) is 4.96. The maximum atomic E-state index is 12.8. The van der Waals surface area contributed by atoms with Crippen LogP contribution in [0.15, 0.2) is 59.1 Å². The minimum atomic E-state index is -0.448. The number of nitro groups is 1. The van der Waals surface area contributed by atoms with Crippen molar-refractivity contribution >= 4 is 39.8 Å². The molecule has 0 bridgehead atoms. The van der Waals surface area contributed by atoms with E-state index in [0.717, 1.165) is 17.0 Å². The third-order valence-electron chi connectivity index (χ3n) is 5.05. The van der Waals surface area contributed by atoms with Crippen molar-refractivity contribution in [3.05, 3.63) is 69.6 Å². The monoisotopic (exact) mass is 494 g/mol.